The van der Waals surface area contributed by atoms with Crippen LogP contribution in [0.1, 0.15) is 22.8 Å². The van der Waals surface area contributed by atoms with E-state index in [9.17, 15) is 9.18 Å². The molecule has 0 radical (unpaired) electrons. The van der Waals surface area contributed by atoms with E-state index in [0.29, 0.717) is 28.6 Å². The number of rotatable bonds is 7. The lowest BCUT2D eigenvalue weighted by atomic mass is 10.2. The highest BCUT2D eigenvalue weighted by atomic mass is 35.5. The Labute approximate surface area is 188 Å². The average molecular weight is 452 g/mol. The van der Waals surface area contributed by atoms with Crippen LogP contribution in [-0.4, -0.2) is 26.6 Å². The number of benzene rings is 3. The summed E-state index contributed by atoms with van der Waals surface area (Å²) in [5.41, 5.74) is 5.56. The molecule has 0 spiro atoms. The Morgan fingerprint density at radius 2 is 1.91 bits per heavy atom. The van der Waals surface area contributed by atoms with E-state index in [0.717, 1.165) is 11.0 Å². The molecule has 0 saturated heterocycles. The number of ether oxygens (including phenoxy) is 1. The van der Waals surface area contributed by atoms with Crippen LogP contribution in [-0.2, 0) is 13.2 Å². The highest BCUT2D eigenvalue weighted by Gasteiger charge is 2.09. The van der Waals surface area contributed by atoms with Crippen molar-refractivity contribution in [2.75, 3.05) is 0 Å². The summed E-state index contributed by atoms with van der Waals surface area (Å²) in [4.78, 5) is 12.4. The molecule has 0 aliphatic rings. The molecule has 0 unspecified atom stereocenters. The molecule has 0 aliphatic heterocycles. The third-order valence-corrected chi connectivity index (χ3v) is 5.06. The molecule has 0 bridgehead atoms. The van der Waals surface area contributed by atoms with Gasteiger partial charge in [-0.1, -0.05) is 35.0 Å². The molecule has 0 saturated carbocycles. The molecule has 4 rings (SSSR count). The second kappa shape index (κ2) is 9.57. The van der Waals surface area contributed by atoms with Gasteiger partial charge < -0.3 is 4.74 Å². The zero-order chi connectivity index (χ0) is 22.5. The van der Waals surface area contributed by atoms with E-state index in [4.69, 9.17) is 16.3 Å². The third kappa shape index (κ3) is 4.92. The van der Waals surface area contributed by atoms with Gasteiger partial charge in [-0.3, -0.25) is 4.79 Å². The molecular formula is C23H19ClFN5O2. The van der Waals surface area contributed by atoms with Crippen molar-refractivity contribution in [1.82, 2.24) is 20.4 Å². The Kier molecular flexibility index (Phi) is 6.42. The maximum absolute atomic E-state index is 13.8. The van der Waals surface area contributed by atoms with Gasteiger partial charge in [0.2, 0.25) is 0 Å². The first-order valence-electron chi connectivity index (χ1n) is 9.79. The summed E-state index contributed by atoms with van der Waals surface area (Å²) >= 11 is 6.00. The number of amides is 1. The van der Waals surface area contributed by atoms with Gasteiger partial charge in [0.15, 0.2) is 0 Å². The summed E-state index contributed by atoms with van der Waals surface area (Å²) < 4.78 is 21.1. The maximum atomic E-state index is 13.8. The van der Waals surface area contributed by atoms with Crippen molar-refractivity contribution >= 4 is 34.3 Å². The number of fused-ring (bicyclic) bond motifs is 1. The number of hydrogen-bond donors (Lipinski definition) is 1. The minimum Gasteiger partial charge on any atom is -0.489 e. The van der Waals surface area contributed by atoms with E-state index < -0.39 is 5.82 Å². The summed E-state index contributed by atoms with van der Waals surface area (Å²) in [6, 6.07) is 18.5. The molecule has 7 nitrogen and oxygen atoms in total. The Balaban J connectivity index is 1.34. The second-order valence-corrected chi connectivity index (χ2v) is 7.44. The van der Waals surface area contributed by atoms with Gasteiger partial charge in [-0.05, 0) is 55.5 Å². The summed E-state index contributed by atoms with van der Waals surface area (Å²) in [6.07, 6.45) is 0. The van der Waals surface area contributed by atoms with Crippen LogP contribution < -0.4 is 10.2 Å². The minimum absolute atomic E-state index is 0.0164. The van der Waals surface area contributed by atoms with Crippen LogP contribution in [0.15, 0.2) is 71.8 Å². The number of hydrazone groups is 1. The number of carbonyl (C=O) groups is 1. The second-order valence-electron chi connectivity index (χ2n) is 7.04. The number of carbonyl (C=O) groups excluding carboxylic acids is 1. The fourth-order valence-corrected chi connectivity index (χ4v) is 3.24. The molecule has 9 heteroatoms. The minimum atomic E-state index is -0.430. The van der Waals surface area contributed by atoms with E-state index in [1.807, 2.05) is 24.3 Å². The Morgan fingerprint density at radius 3 is 2.69 bits per heavy atom. The first kappa shape index (κ1) is 21.5. The lowest BCUT2D eigenvalue weighted by Gasteiger charge is -2.09. The summed E-state index contributed by atoms with van der Waals surface area (Å²) in [5, 5.41) is 12.6. The Hall–Kier alpha value is -3.78. The number of halogens is 2. The molecule has 1 heterocycles. The van der Waals surface area contributed by atoms with Crippen molar-refractivity contribution in [1.29, 1.82) is 0 Å². The van der Waals surface area contributed by atoms with E-state index in [-0.39, 0.29) is 18.1 Å². The molecule has 0 fully saturated rings. The fraction of sp³-hybridized carbons (Fsp3) is 0.130. The number of aromatic nitrogens is 3. The van der Waals surface area contributed by atoms with Crippen molar-refractivity contribution < 1.29 is 13.9 Å². The zero-order valence-corrected chi connectivity index (χ0v) is 17.9. The van der Waals surface area contributed by atoms with Crippen LogP contribution in [0, 0.1) is 5.82 Å². The number of nitrogens with zero attached hydrogens (tertiary/aromatic N) is 4. The van der Waals surface area contributed by atoms with Gasteiger partial charge in [0.25, 0.3) is 5.91 Å². The average Bonchev–Trinajstić information content (AvgIpc) is 3.20. The Morgan fingerprint density at radius 1 is 1.12 bits per heavy atom. The third-order valence-electron chi connectivity index (χ3n) is 4.71. The first-order chi connectivity index (χ1) is 15.5. The van der Waals surface area contributed by atoms with Crippen LogP contribution in [0.5, 0.6) is 5.75 Å². The van der Waals surface area contributed by atoms with Crippen LogP contribution in [0.2, 0.25) is 5.02 Å². The normalized spacial score (nSPS) is 11.5. The molecule has 1 N–H and O–H groups in total. The number of nitrogens with one attached hydrogen (secondary N) is 1. The van der Waals surface area contributed by atoms with E-state index in [1.165, 1.54) is 12.1 Å². The summed E-state index contributed by atoms with van der Waals surface area (Å²) in [5.74, 6) is -0.310. The first-order valence-corrected chi connectivity index (χ1v) is 10.2. The van der Waals surface area contributed by atoms with Gasteiger partial charge in [-0.2, -0.15) is 5.10 Å². The molecule has 1 aromatic heterocycles. The highest BCUT2D eigenvalue weighted by Crippen LogP contribution is 2.21. The van der Waals surface area contributed by atoms with Gasteiger partial charge in [-0.15, -0.1) is 5.10 Å². The molecule has 32 heavy (non-hydrogen) atoms. The number of hydrogen-bond acceptors (Lipinski definition) is 5. The predicted octanol–water partition coefficient (Wildman–Crippen LogP) is 4.61. The van der Waals surface area contributed by atoms with E-state index in [2.05, 4.69) is 20.8 Å². The topological polar surface area (TPSA) is 81.4 Å². The van der Waals surface area contributed by atoms with Crippen LogP contribution in [0.4, 0.5) is 4.39 Å². The molecule has 162 valence electrons. The predicted molar refractivity (Wildman–Crippen MR) is 120 cm³/mol. The van der Waals surface area contributed by atoms with Gasteiger partial charge in [0.1, 0.15) is 23.7 Å². The molecule has 0 atom stereocenters. The van der Waals surface area contributed by atoms with Crippen LogP contribution >= 0.6 is 11.6 Å². The standard InChI is InChI=1S/C23H19ClFN5O2/c1-15(13-30-22-8-3-2-7-21(22)27-29-30)26-28-23(31)16-9-11-17(12-10-16)32-14-18-19(24)5-4-6-20(18)25/h2-12H,13-14H2,1H3,(H,28,31)/b26-15+. The number of para-hydroxylation sites is 1. The van der Waals surface area contributed by atoms with Gasteiger partial charge in [0, 0.05) is 11.1 Å². The summed E-state index contributed by atoms with van der Waals surface area (Å²) in [7, 11) is 0. The molecule has 4 aromatic rings. The van der Waals surface area contributed by atoms with Crippen molar-refractivity contribution in [3.05, 3.63) is 88.7 Å². The van der Waals surface area contributed by atoms with E-state index >= 15 is 0 Å². The summed E-state index contributed by atoms with van der Waals surface area (Å²) in [6.45, 7) is 2.17. The van der Waals surface area contributed by atoms with E-state index in [1.54, 1.807) is 41.9 Å². The van der Waals surface area contributed by atoms with Crippen molar-refractivity contribution in [3.63, 3.8) is 0 Å². The van der Waals surface area contributed by atoms with Gasteiger partial charge in [0.05, 0.1) is 22.8 Å². The Bertz CT molecular complexity index is 1270. The molecule has 3 aromatic carbocycles. The maximum Gasteiger partial charge on any atom is 0.271 e. The molecule has 1 amide bonds. The van der Waals surface area contributed by atoms with Gasteiger partial charge in [-0.25, -0.2) is 14.5 Å². The van der Waals surface area contributed by atoms with Crippen LogP contribution in [0.25, 0.3) is 11.0 Å². The molecular weight excluding hydrogens is 433 g/mol. The molecule has 0 aliphatic carbocycles. The zero-order valence-electron chi connectivity index (χ0n) is 17.1. The largest absolute Gasteiger partial charge is 0.489 e. The monoisotopic (exact) mass is 451 g/mol. The SMILES string of the molecule is C/C(Cn1nnc2ccccc21)=N\NC(=O)c1ccc(OCc2c(F)cccc2Cl)cc1. The lowest BCUT2D eigenvalue weighted by Crippen LogP contribution is -2.20. The quantitative estimate of drug-likeness (QED) is 0.328. The lowest BCUT2D eigenvalue weighted by molar-refractivity contribution is 0.0954. The fourth-order valence-electron chi connectivity index (χ4n) is 3.03. The van der Waals surface area contributed by atoms with Crippen molar-refractivity contribution in [3.8, 4) is 5.75 Å². The van der Waals surface area contributed by atoms with Crippen molar-refractivity contribution in [2.45, 2.75) is 20.1 Å². The van der Waals surface area contributed by atoms with Gasteiger partial charge >= 0.3 is 0 Å². The van der Waals surface area contributed by atoms with Crippen molar-refractivity contribution in [2.24, 2.45) is 5.10 Å². The van der Waals surface area contributed by atoms with Crippen LogP contribution in [0.3, 0.4) is 0 Å². The highest BCUT2D eigenvalue weighted by molar-refractivity contribution is 6.31. The smallest absolute Gasteiger partial charge is 0.271 e.